The molecule has 1 aromatic heterocycles. The summed E-state index contributed by atoms with van der Waals surface area (Å²) in [5, 5.41) is 9.25. The molecule has 3 heterocycles. The normalized spacial score (nSPS) is 25.0. The van der Waals surface area contributed by atoms with Crippen LogP contribution in [-0.2, 0) is 13.1 Å². The molecule has 1 aliphatic carbocycles. The summed E-state index contributed by atoms with van der Waals surface area (Å²) in [5.41, 5.74) is 0. The largest absolute Gasteiger partial charge is 0.314 e. The molecule has 3 fully saturated rings. The van der Waals surface area contributed by atoms with Gasteiger partial charge in [0.25, 0.3) is 0 Å². The highest BCUT2D eigenvalue weighted by Gasteiger charge is 2.30. The molecule has 2 saturated heterocycles. The van der Waals surface area contributed by atoms with Gasteiger partial charge in [-0.3, -0.25) is 4.90 Å². The highest BCUT2D eigenvalue weighted by Crippen LogP contribution is 2.31. The number of piperidine rings is 1. The molecule has 1 aromatic rings. The molecular formula is C20H35N5. The third kappa shape index (κ3) is 3.92. The van der Waals surface area contributed by atoms with Crippen LogP contribution in [0.5, 0.6) is 0 Å². The maximum absolute atomic E-state index is 4.66. The van der Waals surface area contributed by atoms with Crippen LogP contribution in [0.3, 0.4) is 0 Å². The monoisotopic (exact) mass is 345 g/mol. The minimum atomic E-state index is 0.611. The van der Waals surface area contributed by atoms with E-state index in [2.05, 4.69) is 31.5 Å². The minimum Gasteiger partial charge on any atom is -0.314 e. The Labute approximate surface area is 152 Å². The molecule has 0 atom stereocenters. The lowest BCUT2D eigenvalue weighted by Gasteiger charge is -2.39. The Hall–Kier alpha value is -0.940. The Bertz CT molecular complexity index is 534. The van der Waals surface area contributed by atoms with Gasteiger partial charge in [0.2, 0.25) is 0 Å². The van der Waals surface area contributed by atoms with Crippen LogP contribution >= 0.6 is 0 Å². The van der Waals surface area contributed by atoms with E-state index in [4.69, 9.17) is 0 Å². The lowest BCUT2D eigenvalue weighted by molar-refractivity contribution is 0.120. The van der Waals surface area contributed by atoms with Gasteiger partial charge < -0.3 is 9.47 Å². The molecule has 25 heavy (non-hydrogen) atoms. The van der Waals surface area contributed by atoms with Gasteiger partial charge in [0, 0.05) is 18.5 Å². The summed E-state index contributed by atoms with van der Waals surface area (Å²) in [5.74, 6) is 3.06. The van der Waals surface area contributed by atoms with E-state index in [9.17, 15) is 0 Å². The highest BCUT2D eigenvalue weighted by molar-refractivity contribution is 5.05. The lowest BCUT2D eigenvalue weighted by Crippen LogP contribution is -2.42. The van der Waals surface area contributed by atoms with Crippen LogP contribution in [0.25, 0.3) is 0 Å². The van der Waals surface area contributed by atoms with Crippen LogP contribution in [0.15, 0.2) is 0 Å². The number of likely N-dealkylation sites (tertiary alicyclic amines) is 2. The van der Waals surface area contributed by atoms with Crippen LogP contribution in [0.4, 0.5) is 0 Å². The van der Waals surface area contributed by atoms with Crippen molar-refractivity contribution in [3.8, 4) is 0 Å². The van der Waals surface area contributed by atoms with Crippen molar-refractivity contribution in [3.63, 3.8) is 0 Å². The summed E-state index contributed by atoms with van der Waals surface area (Å²) in [6.45, 7) is 9.21. The summed E-state index contributed by atoms with van der Waals surface area (Å²) < 4.78 is 2.42. The van der Waals surface area contributed by atoms with Crippen LogP contribution in [0.2, 0.25) is 0 Å². The average molecular weight is 346 g/mol. The molecular weight excluding hydrogens is 310 g/mol. The van der Waals surface area contributed by atoms with Crippen molar-refractivity contribution in [2.24, 2.45) is 0 Å². The van der Waals surface area contributed by atoms with E-state index >= 15 is 0 Å². The van der Waals surface area contributed by atoms with E-state index in [0.717, 1.165) is 19.1 Å². The molecule has 3 aliphatic rings. The fourth-order valence-electron chi connectivity index (χ4n) is 5.22. The van der Waals surface area contributed by atoms with Gasteiger partial charge in [-0.05, 0) is 71.6 Å². The maximum atomic E-state index is 4.66. The van der Waals surface area contributed by atoms with Gasteiger partial charge in [0.05, 0.1) is 6.54 Å². The van der Waals surface area contributed by atoms with E-state index in [0.29, 0.717) is 5.92 Å². The first-order valence-electron chi connectivity index (χ1n) is 10.7. The van der Waals surface area contributed by atoms with Crippen molar-refractivity contribution in [3.05, 3.63) is 11.6 Å². The molecule has 5 heteroatoms. The van der Waals surface area contributed by atoms with Crippen molar-refractivity contribution in [1.82, 2.24) is 24.6 Å². The fourth-order valence-corrected chi connectivity index (χ4v) is 5.22. The van der Waals surface area contributed by atoms with E-state index in [1.807, 2.05) is 0 Å². The van der Waals surface area contributed by atoms with E-state index in [-0.39, 0.29) is 0 Å². The van der Waals surface area contributed by atoms with Gasteiger partial charge >= 0.3 is 0 Å². The second kappa shape index (κ2) is 8.17. The number of hydrogen-bond donors (Lipinski definition) is 0. The number of rotatable bonds is 5. The van der Waals surface area contributed by atoms with Crippen molar-refractivity contribution >= 4 is 0 Å². The van der Waals surface area contributed by atoms with Crippen molar-refractivity contribution in [2.75, 3.05) is 26.2 Å². The van der Waals surface area contributed by atoms with Crippen molar-refractivity contribution < 1.29 is 0 Å². The summed E-state index contributed by atoms with van der Waals surface area (Å²) in [4.78, 5) is 5.30. The Morgan fingerprint density at radius 2 is 1.56 bits per heavy atom. The first kappa shape index (κ1) is 17.5. The Morgan fingerprint density at radius 1 is 0.840 bits per heavy atom. The van der Waals surface area contributed by atoms with Crippen molar-refractivity contribution in [1.29, 1.82) is 0 Å². The van der Waals surface area contributed by atoms with E-state index in [1.54, 1.807) is 0 Å². The molecule has 0 N–H and O–H groups in total. The molecule has 0 aromatic carbocycles. The van der Waals surface area contributed by atoms with E-state index in [1.165, 1.54) is 95.6 Å². The van der Waals surface area contributed by atoms with Gasteiger partial charge in [-0.1, -0.05) is 19.3 Å². The predicted octanol–water partition coefficient (Wildman–Crippen LogP) is 3.41. The first-order chi connectivity index (χ1) is 12.3. The van der Waals surface area contributed by atoms with Gasteiger partial charge in [0.15, 0.2) is 0 Å². The van der Waals surface area contributed by atoms with Crippen LogP contribution in [0, 0.1) is 0 Å². The fraction of sp³-hybridized carbons (Fsp3) is 0.900. The maximum Gasteiger partial charge on any atom is 0.147 e. The summed E-state index contributed by atoms with van der Waals surface area (Å²) in [6.07, 6.45) is 12.4. The third-order valence-corrected chi connectivity index (χ3v) is 6.72. The zero-order chi connectivity index (χ0) is 17.1. The SMILES string of the molecule is CCn1c(CN2CCCC2)nnc1C1CCN(C2CCCCC2)CC1. The highest BCUT2D eigenvalue weighted by atomic mass is 15.3. The quantitative estimate of drug-likeness (QED) is 0.819. The van der Waals surface area contributed by atoms with Crippen molar-refractivity contribution in [2.45, 2.75) is 89.8 Å². The average Bonchev–Trinajstić information content (AvgIpc) is 3.32. The lowest BCUT2D eigenvalue weighted by atomic mass is 9.90. The topological polar surface area (TPSA) is 37.2 Å². The number of nitrogens with zero attached hydrogens (tertiary/aromatic N) is 5. The smallest absolute Gasteiger partial charge is 0.147 e. The van der Waals surface area contributed by atoms with Crippen LogP contribution < -0.4 is 0 Å². The molecule has 1 saturated carbocycles. The zero-order valence-electron chi connectivity index (χ0n) is 16.0. The Balaban J connectivity index is 1.37. The van der Waals surface area contributed by atoms with Gasteiger partial charge in [-0.15, -0.1) is 10.2 Å². The molecule has 2 aliphatic heterocycles. The third-order valence-electron chi connectivity index (χ3n) is 6.72. The molecule has 0 amide bonds. The number of hydrogen-bond acceptors (Lipinski definition) is 4. The summed E-state index contributed by atoms with van der Waals surface area (Å²) in [7, 11) is 0. The minimum absolute atomic E-state index is 0.611. The van der Waals surface area contributed by atoms with Gasteiger partial charge in [-0.25, -0.2) is 0 Å². The standard InChI is InChI=1S/C20H35N5/c1-2-25-19(16-23-12-6-7-13-23)21-22-20(25)17-10-14-24(15-11-17)18-8-4-3-5-9-18/h17-18H,2-16H2,1H3. The predicted molar refractivity (Wildman–Crippen MR) is 101 cm³/mol. The van der Waals surface area contributed by atoms with Crippen LogP contribution in [-0.4, -0.2) is 56.8 Å². The zero-order valence-corrected chi connectivity index (χ0v) is 16.0. The first-order valence-corrected chi connectivity index (χ1v) is 10.7. The van der Waals surface area contributed by atoms with Gasteiger partial charge in [-0.2, -0.15) is 0 Å². The van der Waals surface area contributed by atoms with Crippen LogP contribution in [0.1, 0.15) is 82.3 Å². The molecule has 0 unspecified atom stereocenters. The second-order valence-electron chi connectivity index (χ2n) is 8.30. The molecule has 5 nitrogen and oxygen atoms in total. The molecule has 0 spiro atoms. The number of aromatic nitrogens is 3. The summed E-state index contributed by atoms with van der Waals surface area (Å²) >= 11 is 0. The molecule has 0 bridgehead atoms. The second-order valence-corrected chi connectivity index (χ2v) is 8.30. The Kier molecular flexibility index (Phi) is 5.71. The molecule has 4 rings (SSSR count). The molecule has 0 radical (unpaired) electrons. The summed E-state index contributed by atoms with van der Waals surface area (Å²) in [6, 6.07) is 0.865. The molecule has 140 valence electrons. The Morgan fingerprint density at radius 3 is 2.24 bits per heavy atom. The van der Waals surface area contributed by atoms with E-state index < -0.39 is 0 Å². The van der Waals surface area contributed by atoms with Gasteiger partial charge in [0.1, 0.15) is 11.6 Å².